The molecule has 0 aromatic rings. The van der Waals surface area contributed by atoms with Crippen LogP contribution in [-0.2, 0) is 4.79 Å². The molecule has 4 heteroatoms. The van der Waals surface area contributed by atoms with E-state index in [1.165, 1.54) is 0 Å². The summed E-state index contributed by atoms with van der Waals surface area (Å²) in [6.07, 6.45) is 0. The number of carbonyl (C=O) groups is 1. The van der Waals surface area contributed by atoms with Crippen LogP contribution in [0, 0.1) is 0 Å². The summed E-state index contributed by atoms with van der Waals surface area (Å²) >= 11 is 0. The molecule has 3 N–H and O–H groups in total. The van der Waals surface area contributed by atoms with Crippen molar-refractivity contribution in [1.29, 1.82) is 0 Å². The van der Waals surface area contributed by atoms with Crippen molar-refractivity contribution in [2.45, 2.75) is 0 Å². The zero-order chi connectivity index (χ0) is 4.28. The van der Waals surface area contributed by atoms with E-state index in [2.05, 4.69) is 5.73 Å². The van der Waals surface area contributed by atoms with Gasteiger partial charge < -0.3 is 10.8 Å². The first-order valence-electron chi connectivity index (χ1n) is 1.19. The van der Waals surface area contributed by atoms with E-state index in [0.717, 1.165) is 0 Å². The van der Waals surface area contributed by atoms with E-state index >= 15 is 0 Å². The molecule has 0 aromatic heterocycles. The first-order chi connectivity index (χ1) is 2.27. The SMILES string of the molecule is NCC(=O)O.[RbH]. The molecule has 0 heterocycles. The van der Waals surface area contributed by atoms with Crippen LogP contribution in [0.4, 0.5) is 0 Å². The first kappa shape index (κ1) is 10.3. The molecule has 0 rings (SSSR count). The minimum absolute atomic E-state index is 0. The van der Waals surface area contributed by atoms with Gasteiger partial charge in [0.15, 0.2) is 0 Å². The molecular formula is C2H6NO2Rb. The van der Waals surface area contributed by atoms with Gasteiger partial charge in [0.2, 0.25) is 0 Å². The Labute approximate surface area is 84.7 Å². The van der Waals surface area contributed by atoms with E-state index in [0.29, 0.717) is 0 Å². The summed E-state index contributed by atoms with van der Waals surface area (Å²) in [6, 6.07) is 0. The number of hydrogen-bond acceptors (Lipinski definition) is 2. The second-order valence-electron chi connectivity index (χ2n) is 0.598. The van der Waals surface area contributed by atoms with Crippen LogP contribution < -0.4 is 5.73 Å². The quantitative estimate of drug-likeness (QED) is 0.486. The fraction of sp³-hybridized carbons (Fsp3) is 0.500. The van der Waals surface area contributed by atoms with E-state index in [1.54, 1.807) is 0 Å². The Kier molecular flexibility index (Phi) is 10.7. The second-order valence-corrected chi connectivity index (χ2v) is 0.598. The Morgan fingerprint density at radius 2 is 2.00 bits per heavy atom. The number of hydrogen-bond donors (Lipinski definition) is 2. The van der Waals surface area contributed by atoms with Crippen LogP contribution in [0.15, 0.2) is 0 Å². The molecule has 0 bridgehead atoms. The van der Waals surface area contributed by atoms with Gasteiger partial charge in [0.1, 0.15) is 0 Å². The molecule has 0 amide bonds. The predicted octanol–water partition coefficient (Wildman–Crippen LogP) is -1.62. The summed E-state index contributed by atoms with van der Waals surface area (Å²) in [6.45, 7) is -0.278. The molecule has 0 saturated heterocycles. The standard InChI is InChI=1S/C2H5NO2.Rb.H/c3-1-2(4)5;;/h1,3H2,(H,4,5);;. The van der Waals surface area contributed by atoms with Gasteiger partial charge in [-0.2, -0.15) is 0 Å². The monoisotopic (exact) mass is 161 g/mol. The molecule has 3 nitrogen and oxygen atoms in total. The molecule has 0 unspecified atom stereocenters. The van der Waals surface area contributed by atoms with Crippen molar-refractivity contribution in [2.24, 2.45) is 5.73 Å². The number of rotatable bonds is 1. The molecule has 0 atom stereocenters. The minimum atomic E-state index is -0.968. The van der Waals surface area contributed by atoms with Crippen molar-refractivity contribution < 1.29 is 9.90 Å². The summed E-state index contributed by atoms with van der Waals surface area (Å²) < 4.78 is 0. The van der Waals surface area contributed by atoms with Gasteiger partial charge in [-0.3, -0.25) is 4.79 Å². The Balaban J connectivity index is 0. The van der Waals surface area contributed by atoms with Gasteiger partial charge in [0.05, 0.1) is 6.54 Å². The molecule has 6 heavy (non-hydrogen) atoms. The average Bonchev–Trinajstić information content (AvgIpc) is 1.38. The van der Waals surface area contributed by atoms with Crippen molar-refractivity contribution in [3.8, 4) is 0 Å². The zero-order valence-electron chi connectivity index (χ0n) is 2.64. The number of nitrogens with two attached hydrogens (primary N) is 1. The van der Waals surface area contributed by atoms with Gasteiger partial charge in [-0.1, -0.05) is 0 Å². The van der Waals surface area contributed by atoms with Crippen molar-refractivity contribution in [3.05, 3.63) is 0 Å². The third kappa shape index (κ3) is 8.97. The van der Waals surface area contributed by atoms with Gasteiger partial charge in [0, 0.05) is 0 Å². The van der Waals surface area contributed by atoms with Crippen LogP contribution in [0.3, 0.4) is 0 Å². The summed E-state index contributed by atoms with van der Waals surface area (Å²) in [5.74, 6) is -0.968. The van der Waals surface area contributed by atoms with Gasteiger partial charge in [-0.05, 0) is 0 Å². The second kappa shape index (κ2) is 6.24. The normalized spacial score (nSPS) is 6.17. The van der Waals surface area contributed by atoms with Crippen LogP contribution in [0.5, 0.6) is 0 Å². The van der Waals surface area contributed by atoms with E-state index in [9.17, 15) is 4.79 Å². The molecule has 0 aliphatic carbocycles. The number of aliphatic carboxylic acids is 1. The fourth-order valence-corrected chi connectivity index (χ4v) is 0. The Morgan fingerprint density at radius 1 is 1.83 bits per heavy atom. The van der Waals surface area contributed by atoms with Crippen LogP contribution in [0.1, 0.15) is 0 Å². The van der Waals surface area contributed by atoms with Crippen molar-refractivity contribution >= 4 is 64.2 Å². The Hall–Kier alpha value is 1.24. The van der Waals surface area contributed by atoms with Crippen LogP contribution >= 0.6 is 0 Å². The van der Waals surface area contributed by atoms with Gasteiger partial charge in [-0.15, -0.1) is 0 Å². The molecule has 32 valence electrons. The van der Waals surface area contributed by atoms with E-state index in [4.69, 9.17) is 5.11 Å². The van der Waals surface area contributed by atoms with E-state index < -0.39 is 5.97 Å². The van der Waals surface area contributed by atoms with Crippen molar-refractivity contribution in [1.82, 2.24) is 0 Å². The molecule has 0 aliphatic rings. The summed E-state index contributed by atoms with van der Waals surface area (Å²) in [7, 11) is 0. The van der Waals surface area contributed by atoms with Gasteiger partial charge in [-0.25, -0.2) is 0 Å². The topological polar surface area (TPSA) is 63.3 Å². The molecule has 0 aromatic carbocycles. The maximum atomic E-state index is 9.24. The van der Waals surface area contributed by atoms with Crippen molar-refractivity contribution in [2.75, 3.05) is 6.54 Å². The van der Waals surface area contributed by atoms with E-state index in [-0.39, 0.29) is 64.7 Å². The summed E-state index contributed by atoms with van der Waals surface area (Å²) in [4.78, 5) is 9.24. The summed E-state index contributed by atoms with van der Waals surface area (Å²) in [5, 5.41) is 7.60. The Morgan fingerprint density at radius 3 is 2.00 bits per heavy atom. The maximum absolute atomic E-state index is 9.24. The third-order valence-electron chi connectivity index (χ3n) is 0.175. The first-order valence-corrected chi connectivity index (χ1v) is 1.19. The molecule has 0 spiro atoms. The predicted molar refractivity (Wildman–Crippen MR) is 23.8 cm³/mol. The third-order valence-corrected chi connectivity index (χ3v) is 0.175. The van der Waals surface area contributed by atoms with E-state index in [1.807, 2.05) is 0 Å². The summed E-state index contributed by atoms with van der Waals surface area (Å²) in [5.41, 5.74) is 4.57. The molecule has 0 fully saturated rings. The number of carboxylic acids is 1. The molecule has 0 radical (unpaired) electrons. The van der Waals surface area contributed by atoms with Crippen LogP contribution in [0.25, 0.3) is 0 Å². The van der Waals surface area contributed by atoms with Gasteiger partial charge in [0.25, 0.3) is 0 Å². The van der Waals surface area contributed by atoms with Gasteiger partial charge >= 0.3 is 64.2 Å². The molecule has 0 aliphatic heterocycles. The number of carboxylic acid groups (broad SMARTS) is 1. The zero-order valence-corrected chi connectivity index (χ0v) is 2.64. The Bertz CT molecular complexity index is 46.8. The van der Waals surface area contributed by atoms with Crippen LogP contribution in [0.2, 0.25) is 0 Å². The molecule has 0 saturated carbocycles. The fourth-order valence-electron chi connectivity index (χ4n) is 0. The van der Waals surface area contributed by atoms with Crippen molar-refractivity contribution in [3.63, 3.8) is 0 Å². The molecular weight excluding hydrogens is 155 g/mol. The van der Waals surface area contributed by atoms with Crippen LogP contribution in [-0.4, -0.2) is 75.8 Å². The average molecular weight is 162 g/mol.